The van der Waals surface area contributed by atoms with Gasteiger partial charge < -0.3 is 9.72 Å². The SMILES string of the molecule is Fc1cccc2[nH]c(-c3ccc(OC(F)(F)F)cc3)nc12. The van der Waals surface area contributed by atoms with E-state index in [4.69, 9.17) is 0 Å². The molecule has 0 saturated carbocycles. The molecule has 0 aliphatic carbocycles. The maximum absolute atomic E-state index is 13.5. The van der Waals surface area contributed by atoms with E-state index in [1.54, 1.807) is 12.1 Å². The van der Waals surface area contributed by atoms with E-state index in [-0.39, 0.29) is 11.3 Å². The highest BCUT2D eigenvalue weighted by Gasteiger charge is 2.31. The van der Waals surface area contributed by atoms with Crippen molar-refractivity contribution in [2.75, 3.05) is 0 Å². The van der Waals surface area contributed by atoms with E-state index in [1.807, 2.05) is 0 Å². The van der Waals surface area contributed by atoms with E-state index < -0.39 is 12.2 Å². The second-order valence-electron chi connectivity index (χ2n) is 4.29. The first-order chi connectivity index (χ1) is 9.92. The van der Waals surface area contributed by atoms with E-state index in [1.165, 1.54) is 30.3 Å². The molecule has 0 aliphatic heterocycles. The Morgan fingerprint density at radius 3 is 2.33 bits per heavy atom. The number of fused-ring (bicyclic) bond motifs is 1. The molecule has 3 aromatic rings. The Morgan fingerprint density at radius 2 is 1.71 bits per heavy atom. The third-order valence-electron chi connectivity index (χ3n) is 2.82. The average molecular weight is 296 g/mol. The van der Waals surface area contributed by atoms with Gasteiger partial charge in [0.2, 0.25) is 0 Å². The number of halogens is 4. The van der Waals surface area contributed by atoms with Crippen LogP contribution in [0.3, 0.4) is 0 Å². The first-order valence-electron chi connectivity index (χ1n) is 5.93. The smallest absolute Gasteiger partial charge is 0.406 e. The van der Waals surface area contributed by atoms with E-state index in [0.717, 1.165) is 0 Å². The molecule has 21 heavy (non-hydrogen) atoms. The van der Waals surface area contributed by atoms with Gasteiger partial charge in [0.05, 0.1) is 5.52 Å². The molecular weight excluding hydrogens is 288 g/mol. The van der Waals surface area contributed by atoms with Crippen LogP contribution in [0.2, 0.25) is 0 Å². The molecule has 3 rings (SSSR count). The van der Waals surface area contributed by atoms with Gasteiger partial charge >= 0.3 is 6.36 Å². The number of alkyl halides is 3. The number of para-hydroxylation sites is 1. The van der Waals surface area contributed by atoms with Gasteiger partial charge in [0, 0.05) is 5.56 Å². The molecule has 0 atom stereocenters. The van der Waals surface area contributed by atoms with Crippen molar-refractivity contribution in [3.05, 3.63) is 48.3 Å². The van der Waals surface area contributed by atoms with Crippen LogP contribution < -0.4 is 4.74 Å². The monoisotopic (exact) mass is 296 g/mol. The fourth-order valence-electron chi connectivity index (χ4n) is 1.95. The first-order valence-corrected chi connectivity index (χ1v) is 5.93. The Hall–Kier alpha value is -2.57. The normalized spacial score (nSPS) is 11.8. The minimum atomic E-state index is -4.73. The summed E-state index contributed by atoms with van der Waals surface area (Å²) in [4.78, 5) is 7.00. The Balaban J connectivity index is 1.94. The van der Waals surface area contributed by atoms with Gasteiger partial charge in [0.15, 0.2) is 5.82 Å². The molecule has 0 unspecified atom stereocenters. The average Bonchev–Trinajstić information content (AvgIpc) is 2.83. The van der Waals surface area contributed by atoms with Gasteiger partial charge in [-0.15, -0.1) is 13.2 Å². The third-order valence-corrected chi connectivity index (χ3v) is 2.82. The van der Waals surface area contributed by atoms with Crippen LogP contribution in [0.1, 0.15) is 0 Å². The molecule has 0 amide bonds. The second kappa shape index (κ2) is 4.76. The number of hydrogen-bond acceptors (Lipinski definition) is 2. The van der Waals surface area contributed by atoms with Crippen molar-refractivity contribution in [2.45, 2.75) is 6.36 Å². The van der Waals surface area contributed by atoms with Crippen molar-refractivity contribution in [3.8, 4) is 17.1 Å². The Labute approximate surface area is 116 Å². The topological polar surface area (TPSA) is 37.9 Å². The van der Waals surface area contributed by atoms with Crippen LogP contribution in [0.25, 0.3) is 22.4 Å². The van der Waals surface area contributed by atoms with Crippen molar-refractivity contribution in [2.24, 2.45) is 0 Å². The van der Waals surface area contributed by atoms with Gasteiger partial charge in [-0.1, -0.05) is 6.07 Å². The molecule has 2 aromatic carbocycles. The zero-order chi connectivity index (χ0) is 15.0. The minimum absolute atomic E-state index is 0.183. The Morgan fingerprint density at radius 1 is 1.00 bits per heavy atom. The highest BCUT2D eigenvalue weighted by molar-refractivity contribution is 5.79. The lowest BCUT2D eigenvalue weighted by molar-refractivity contribution is -0.274. The highest BCUT2D eigenvalue weighted by atomic mass is 19.4. The second-order valence-corrected chi connectivity index (χ2v) is 4.29. The molecule has 1 aromatic heterocycles. The third kappa shape index (κ3) is 2.81. The summed E-state index contributed by atoms with van der Waals surface area (Å²) in [5.41, 5.74) is 1.23. The minimum Gasteiger partial charge on any atom is -0.406 e. The summed E-state index contributed by atoms with van der Waals surface area (Å²) in [7, 11) is 0. The number of hydrogen-bond donors (Lipinski definition) is 1. The van der Waals surface area contributed by atoms with Gasteiger partial charge in [-0.25, -0.2) is 9.37 Å². The summed E-state index contributed by atoms with van der Waals surface area (Å²) >= 11 is 0. The van der Waals surface area contributed by atoms with Crippen molar-refractivity contribution in [3.63, 3.8) is 0 Å². The highest BCUT2D eigenvalue weighted by Crippen LogP contribution is 2.27. The molecule has 7 heteroatoms. The van der Waals surface area contributed by atoms with Crippen molar-refractivity contribution >= 4 is 11.0 Å². The lowest BCUT2D eigenvalue weighted by atomic mass is 10.2. The van der Waals surface area contributed by atoms with E-state index >= 15 is 0 Å². The predicted molar refractivity (Wildman–Crippen MR) is 68.2 cm³/mol. The molecule has 0 aliphatic rings. The van der Waals surface area contributed by atoms with Gasteiger partial charge in [-0.05, 0) is 36.4 Å². The van der Waals surface area contributed by atoms with Crippen LogP contribution >= 0.6 is 0 Å². The first kappa shape index (κ1) is 13.4. The van der Waals surface area contributed by atoms with Crippen molar-refractivity contribution in [1.29, 1.82) is 0 Å². The van der Waals surface area contributed by atoms with Crippen LogP contribution in [0, 0.1) is 5.82 Å². The number of aromatic amines is 1. The van der Waals surface area contributed by atoms with Crippen LogP contribution in [-0.2, 0) is 0 Å². The Kier molecular flexibility index (Phi) is 3.04. The predicted octanol–water partition coefficient (Wildman–Crippen LogP) is 4.27. The number of rotatable bonds is 2. The molecule has 0 bridgehead atoms. The lowest BCUT2D eigenvalue weighted by Crippen LogP contribution is -2.16. The molecule has 1 heterocycles. The maximum Gasteiger partial charge on any atom is 0.573 e. The molecular formula is C14H8F4N2O. The van der Waals surface area contributed by atoms with Crippen LogP contribution in [0.4, 0.5) is 17.6 Å². The van der Waals surface area contributed by atoms with Gasteiger partial charge in [-0.2, -0.15) is 0 Å². The largest absolute Gasteiger partial charge is 0.573 e. The fraction of sp³-hybridized carbons (Fsp3) is 0.0714. The molecule has 108 valence electrons. The van der Waals surface area contributed by atoms with E-state index in [9.17, 15) is 17.6 Å². The van der Waals surface area contributed by atoms with Crippen LogP contribution in [0.5, 0.6) is 5.75 Å². The number of H-pyrrole nitrogens is 1. The number of nitrogens with zero attached hydrogens (tertiary/aromatic N) is 1. The Bertz CT molecular complexity index is 778. The van der Waals surface area contributed by atoms with Crippen molar-refractivity contribution < 1.29 is 22.3 Å². The summed E-state index contributed by atoms with van der Waals surface area (Å²) in [6.07, 6.45) is -4.73. The quantitative estimate of drug-likeness (QED) is 0.717. The van der Waals surface area contributed by atoms with E-state index in [0.29, 0.717) is 16.9 Å². The van der Waals surface area contributed by atoms with Gasteiger partial charge in [-0.3, -0.25) is 0 Å². The number of imidazole rings is 1. The number of nitrogens with one attached hydrogen (secondary N) is 1. The van der Waals surface area contributed by atoms with Crippen LogP contribution in [0.15, 0.2) is 42.5 Å². The summed E-state index contributed by atoms with van der Waals surface area (Å²) in [6, 6.07) is 9.66. The maximum atomic E-state index is 13.5. The number of aromatic nitrogens is 2. The van der Waals surface area contributed by atoms with E-state index in [2.05, 4.69) is 14.7 Å². The van der Waals surface area contributed by atoms with Crippen molar-refractivity contribution in [1.82, 2.24) is 9.97 Å². The number of ether oxygens (including phenoxy) is 1. The molecule has 3 nitrogen and oxygen atoms in total. The summed E-state index contributed by atoms with van der Waals surface area (Å²) in [5.74, 6) is -0.422. The lowest BCUT2D eigenvalue weighted by Gasteiger charge is -2.08. The fourth-order valence-corrected chi connectivity index (χ4v) is 1.95. The molecule has 0 radical (unpaired) electrons. The summed E-state index contributed by atoms with van der Waals surface area (Å²) in [5, 5.41) is 0. The van der Waals surface area contributed by atoms with Gasteiger partial charge in [0.25, 0.3) is 0 Å². The molecule has 0 spiro atoms. The zero-order valence-electron chi connectivity index (χ0n) is 10.4. The van der Waals surface area contributed by atoms with Crippen LogP contribution in [-0.4, -0.2) is 16.3 Å². The van der Waals surface area contributed by atoms with Gasteiger partial charge in [0.1, 0.15) is 17.1 Å². The summed E-state index contributed by atoms with van der Waals surface area (Å²) < 4.78 is 53.5. The molecule has 0 saturated heterocycles. The number of benzene rings is 2. The molecule has 0 fully saturated rings. The molecule has 1 N–H and O–H groups in total. The summed E-state index contributed by atoms with van der Waals surface area (Å²) in [6.45, 7) is 0. The standard InChI is InChI=1S/C14H8F4N2O/c15-10-2-1-3-11-12(10)20-13(19-11)8-4-6-9(7-5-8)21-14(16,17)18/h1-7H,(H,19,20). The zero-order valence-corrected chi connectivity index (χ0v) is 10.4.